The van der Waals surface area contributed by atoms with Crippen LogP contribution in [0.5, 0.6) is 0 Å². The first-order valence-corrected chi connectivity index (χ1v) is 10.8. The van der Waals surface area contributed by atoms with Crippen LogP contribution in [0.4, 0.5) is 5.82 Å². The molecular weight excluding hydrogens is 394 g/mol. The lowest BCUT2D eigenvalue weighted by atomic mass is 10.00. The monoisotopic (exact) mass is 429 g/mol. The number of allylic oxidation sites excluding steroid dienone is 3. The van der Waals surface area contributed by atoms with Crippen LogP contribution >= 0.6 is 12.6 Å². The van der Waals surface area contributed by atoms with E-state index in [0.717, 1.165) is 43.7 Å². The molecule has 30 heavy (non-hydrogen) atoms. The van der Waals surface area contributed by atoms with Crippen molar-refractivity contribution in [2.24, 2.45) is 5.73 Å². The molecule has 0 spiro atoms. The molecule has 4 N–H and O–H groups in total. The van der Waals surface area contributed by atoms with Gasteiger partial charge in [-0.1, -0.05) is 12.6 Å². The number of hydrogen-bond donors (Lipinski definition) is 4. The molecule has 1 saturated heterocycles. The number of nitrogens with two attached hydrogens (primary N) is 1. The zero-order valence-corrected chi connectivity index (χ0v) is 19.4. The maximum atomic E-state index is 12.2. The summed E-state index contributed by atoms with van der Waals surface area (Å²) in [6, 6.07) is 6.05. The van der Waals surface area contributed by atoms with Crippen LogP contribution < -0.4 is 16.4 Å². The topological polar surface area (TPSA) is 83.3 Å². The smallest absolute Gasteiger partial charge is 0.250 e. The molecule has 0 bridgehead atoms. The highest BCUT2D eigenvalue weighted by Crippen LogP contribution is 2.40. The lowest BCUT2D eigenvalue weighted by Gasteiger charge is -2.40. The summed E-state index contributed by atoms with van der Waals surface area (Å²) in [5.74, 6) is 0.377. The molecule has 1 atom stereocenters. The molecule has 1 amide bonds. The van der Waals surface area contributed by atoms with E-state index in [2.05, 4.69) is 53.6 Å². The van der Waals surface area contributed by atoms with Crippen LogP contribution in [0.1, 0.15) is 46.5 Å². The first kappa shape index (κ1) is 23.9. The summed E-state index contributed by atoms with van der Waals surface area (Å²) in [6.07, 6.45) is 7.71. The van der Waals surface area contributed by atoms with Crippen molar-refractivity contribution in [1.82, 2.24) is 15.2 Å². The fraction of sp³-hybridized carbons (Fsp3) is 0.478. The van der Waals surface area contributed by atoms with Crippen molar-refractivity contribution in [2.75, 3.05) is 18.9 Å². The van der Waals surface area contributed by atoms with Gasteiger partial charge >= 0.3 is 0 Å². The predicted molar refractivity (Wildman–Crippen MR) is 127 cm³/mol. The zero-order valence-electron chi connectivity index (χ0n) is 18.5. The number of rotatable bonds is 10. The molecule has 1 aromatic heterocycles. The number of amides is 1. The maximum absolute atomic E-state index is 12.2. The second-order valence-corrected chi connectivity index (χ2v) is 8.77. The summed E-state index contributed by atoms with van der Waals surface area (Å²) >= 11 is 4.28. The maximum Gasteiger partial charge on any atom is 0.250 e. The van der Waals surface area contributed by atoms with Gasteiger partial charge in [0.1, 0.15) is 5.82 Å². The molecule has 6 nitrogen and oxygen atoms in total. The van der Waals surface area contributed by atoms with Gasteiger partial charge in [0.2, 0.25) is 0 Å². The molecule has 7 heteroatoms. The minimum atomic E-state index is -0.457. The minimum Gasteiger partial charge on any atom is -0.392 e. The second kappa shape index (κ2) is 10.6. The van der Waals surface area contributed by atoms with Gasteiger partial charge in [0.15, 0.2) is 0 Å². The van der Waals surface area contributed by atoms with Gasteiger partial charge in [-0.3, -0.25) is 4.79 Å². The van der Waals surface area contributed by atoms with Crippen LogP contribution in [0, 0.1) is 0 Å². The molecule has 1 unspecified atom stereocenters. The zero-order chi connectivity index (χ0) is 22.3. The van der Waals surface area contributed by atoms with Gasteiger partial charge in [0, 0.05) is 36.6 Å². The Kier molecular flexibility index (Phi) is 8.41. The Morgan fingerprint density at radius 2 is 2.17 bits per heavy atom. The number of likely N-dealkylation sites (tertiary alicyclic amines) is 1. The highest BCUT2D eigenvalue weighted by Gasteiger charge is 2.40. The van der Waals surface area contributed by atoms with Gasteiger partial charge in [0.25, 0.3) is 5.91 Å². The van der Waals surface area contributed by atoms with Gasteiger partial charge in [0.05, 0.1) is 10.6 Å². The van der Waals surface area contributed by atoms with E-state index in [1.807, 2.05) is 38.2 Å². The molecule has 0 saturated carbocycles. The van der Waals surface area contributed by atoms with Crippen molar-refractivity contribution in [3.63, 3.8) is 0 Å². The molecule has 2 heterocycles. The molecule has 0 aromatic carbocycles. The summed E-state index contributed by atoms with van der Waals surface area (Å²) in [4.78, 5) is 18.8. The van der Waals surface area contributed by atoms with Crippen molar-refractivity contribution in [1.29, 1.82) is 0 Å². The van der Waals surface area contributed by atoms with Crippen molar-refractivity contribution in [2.45, 2.75) is 63.1 Å². The third-order valence-corrected chi connectivity index (χ3v) is 5.87. The molecule has 1 aliphatic rings. The number of primary amides is 1. The Labute approximate surface area is 186 Å². The summed E-state index contributed by atoms with van der Waals surface area (Å²) < 4.78 is 0. The summed E-state index contributed by atoms with van der Waals surface area (Å²) in [7, 11) is 1.84. The molecule has 0 aliphatic carbocycles. The number of anilines is 1. The van der Waals surface area contributed by atoms with Crippen LogP contribution in [-0.2, 0) is 4.79 Å². The van der Waals surface area contributed by atoms with Crippen LogP contribution in [0.15, 0.2) is 58.9 Å². The quantitative estimate of drug-likeness (QED) is 0.196. The van der Waals surface area contributed by atoms with Crippen LogP contribution in [0.2, 0.25) is 0 Å². The van der Waals surface area contributed by atoms with E-state index in [1.165, 1.54) is 0 Å². The normalized spacial score (nSPS) is 19.0. The molecule has 1 fully saturated rings. The van der Waals surface area contributed by atoms with Crippen molar-refractivity contribution in [3.05, 3.63) is 53.9 Å². The van der Waals surface area contributed by atoms with E-state index in [1.54, 1.807) is 6.08 Å². The highest BCUT2D eigenvalue weighted by atomic mass is 32.1. The average molecular weight is 430 g/mol. The fourth-order valence-corrected chi connectivity index (χ4v) is 4.13. The lowest BCUT2D eigenvalue weighted by molar-refractivity contribution is -0.114. The Bertz CT molecular complexity index is 831. The number of aromatic nitrogens is 1. The Hall–Kier alpha value is -2.41. The van der Waals surface area contributed by atoms with Gasteiger partial charge in [-0.15, -0.1) is 12.6 Å². The van der Waals surface area contributed by atoms with Crippen molar-refractivity contribution < 1.29 is 4.79 Å². The van der Waals surface area contributed by atoms with Gasteiger partial charge in [-0.25, -0.2) is 4.98 Å². The summed E-state index contributed by atoms with van der Waals surface area (Å²) in [6.45, 7) is 11.4. The number of hydrogen-bond acceptors (Lipinski definition) is 6. The first-order valence-electron chi connectivity index (χ1n) is 10.4. The first-order chi connectivity index (χ1) is 14.2. The van der Waals surface area contributed by atoms with Crippen molar-refractivity contribution >= 4 is 24.4 Å². The molecular formula is C23H35N5OS. The fourth-order valence-electron chi connectivity index (χ4n) is 3.94. The van der Waals surface area contributed by atoms with Gasteiger partial charge in [-0.2, -0.15) is 0 Å². The number of thiol groups is 1. The number of pyridine rings is 1. The molecule has 2 rings (SSSR count). The van der Waals surface area contributed by atoms with E-state index >= 15 is 0 Å². The van der Waals surface area contributed by atoms with E-state index in [0.29, 0.717) is 22.3 Å². The molecule has 0 radical (unpaired) electrons. The van der Waals surface area contributed by atoms with E-state index < -0.39 is 5.91 Å². The Balaban J connectivity index is 2.07. The lowest BCUT2D eigenvalue weighted by Crippen LogP contribution is -2.43. The van der Waals surface area contributed by atoms with E-state index in [9.17, 15) is 4.79 Å². The molecule has 1 aromatic rings. The average Bonchev–Trinajstić information content (AvgIpc) is 2.99. The number of carbonyl (C=O) groups is 1. The summed E-state index contributed by atoms with van der Waals surface area (Å²) in [5, 5.41) is 7.10. The standard InChI is InChI=1S/C23H35N5OS/c1-16(25-5)11-12-19(22(24)29)17(2)28-18(13-14-23(28,3)4)8-7-15-26-20-9-6-10-21(30)27-20/h6,9-12,18,25H,2,7-8,13-15H2,1,3-5H3,(H2,24,29)(H2,26,27,30)/b16-11+,19-12+. The van der Waals surface area contributed by atoms with Gasteiger partial charge < -0.3 is 21.3 Å². The Morgan fingerprint density at radius 3 is 2.80 bits per heavy atom. The largest absolute Gasteiger partial charge is 0.392 e. The Morgan fingerprint density at radius 1 is 1.43 bits per heavy atom. The van der Waals surface area contributed by atoms with E-state index in [4.69, 9.17) is 5.73 Å². The van der Waals surface area contributed by atoms with Crippen LogP contribution in [0.3, 0.4) is 0 Å². The summed E-state index contributed by atoms with van der Waals surface area (Å²) in [5.41, 5.74) is 7.73. The molecule has 164 valence electrons. The van der Waals surface area contributed by atoms with Gasteiger partial charge in [-0.05, 0) is 70.7 Å². The van der Waals surface area contributed by atoms with E-state index in [-0.39, 0.29) is 5.54 Å². The highest BCUT2D eigenvalue weighted by molar-refractivity contribution is 7.80. The third kappa shape index (κ3) is 6.29. The second-order valence-electron chi connectivity index (χ2n) is 8.32. The minimum absolute atomic E-state index is 0.0760. The van der Waals surface area contributed by atoms with Crippen molar-refractivity contribution in [3.8, 4) is 0 Å². The number of nitrogens with zero attached hydrogens (tertiary/aromatic N) is 2. The predicted octanol–water partition coefficient (Wildman–Crippen LogP) is 3.85. The number of nitrogens with one attached hydrogen (secondary N) is 2. The van der Waals surface area contributed by atoms with Crippen LogP contribution in [0.25, 0.3) is 0 Å². The SMILES string of the molecule is C=C(/C(=C\C=C(/C)NC)C(N)=O)N1C(CCCNc2cccc(S)n2)CCC1(C)C. The third-order valence-electron chi connectivity index (χ3n) is 5.62. The molecule has 1 aliphatic heterocycles. The van der Waals surface area contributed by atoms with Crippen LogP contribution in [-0.4, -0.2) is 41.0 Å². The number of carbonyl (C=O) groups excluding carboxylic acids is 1.